The molecule has 0 saturated heterocycles. The third kappa shape index (κ3) is 2.90. The summed E-state index contributed by atoms with van der Waals surface area (Å²) in [5, 5.41) is 0. The van der Waals surface area contributed by atoms with Gasteiger partial charge >= 0.3 is 0 Å². The van der Waals surface area contributed by atoms with E-state index in [4.69, 9.17) is 0 Å². The van der Waals surface area contributed by atoms with Crippen molar-refractivity contribution in [2.45, 2.75) is 25.7 Å². The molecular formula is C17H17FO. The summed E-state index contributed by atoms with van der Waals surface area (Å²) < 4.78 is 13.9. The maximum absolute atomic E-state index is 13.9. The lowest BCUT2D eigenvalue weighted by Crippen LogP contribution is -2.28. The number of carbonyl (C=O) groups excluding carboxylic acids is 1. The van der Waals surface area contributed by atoms with Gasteiger partial charge in [0.25, 0.3) is 0 Å². The summed E-state index contributed by atoms with van der Waals surface area (Å²) in [6.07, 6.45) is 1.34. The van der Waals surface area contributed by atoms with Gasteiger partial charge in [0.2, 0.25) is 0 Å². The molecule has 2 heteroatoms. The molecule has 0 amide bonds. The first kappa shape index (κ1) is 13.5. The van der Waals surface area contributed by atoms with Gasteiger partial charge in [-0.25, -0.2) is 4.39 Å². The van der Waals surface area contributed by atoms with E-state index in [1.807, 2.05) is 31.2 Å². The van der Waals surface area contributed by atoms with Gasteiger partial charge in [-0.1, -0.05) is 48.0 Å². The quantitative estimate of drug-likeness (QED) is 0.760. The molecule has 0 aliphatic rings. The van der Waals surface area contributed by atoms with Crippen molar-refractivity contribution >= 4 is 6.29 Å². The van der Waals surface area contributed by atoms with Crippen LogP contribution >= 0.6 is 0 Å². The lowest BCUT2D eigenvalue weighted by molar-refractivity contribution is -0.112. The first-order valence-electron chi connectivity index (χ1n) is 6.32. The molecule has 0 aliphatic carbocycles. The van der Waals surface area contributed by atoms with Crippen LogP contribution in [0.5, 0.6) is 0 Å². The number of rotatable bonds is 4. The van der Waals surface area contributed by atoms with Crippen molar-refractivity contribution in [3.05, 3.63) is 71.0 Å². The minimum absolute atomic E-state index is 0.329. The van der Waals surface area contributed by atoms with E-state index in [2.05, 4.69) is 0 Å². The van der Waals surface area contributed by atoms with E-state index in [0.717, 1.165) is 17.4 Å². The van der Waals surface area contributed by atoms with Gasteiger partial charge in [0.15, 0.2) is 0 Å². The van der Waals surface area contributed by atoms with Crippen molar-refractivity contribution < 1.29 is 9.18 Å². The van der Waals surface area contributed by atoms with Crippen LogP contribution in [0.15, 0.2) is 48.5 Å². The zero-order valence-corrected chi connectivity index (χ0v) is 11.2. The number of halogens is 1. The highest BCUT2D eigenvalue weighted by Gasteiger charge is 2.29. The molecule has 0 N–H and O–H groups in total. The van der Waals surface area contributed by atoms with Crippen LogP contribution in [-0.2, 0) is 16.6 Å². The Kier molecular flexibility index (Phi) is 3.79. The molecule has 1 atom stereocenters. The number of aldehydes is 1. The molecule has 0 spiro atoms. The van der Waals surface area contributed by atoms with Crippen molar-refractivity contribution in [2.75, 3.05) is 0 Å². The van der Waals surface area contributed by atoms with E-state index in [0.29, 0.717) is 12.0 Å². The van der Waals surface area contributed by atoms with E-state index < -0.39 is 5.41 Å². The Morgan fingerprint density at radius 2 is 1.89 bits per heavy atom. The number of aryl methyl sites for hydroxylation is 1. The molecule has 0 saturated carbocycles. The Labute approximate surface area is 113 Å². The standard InChI is InChI=1S/C17H17FO/c1-13-6-5-7-14(10-13)11-17(2,12-19)15-8-3-4-9-16(15)18/h3-10,12H,11H2,1-2H3. The average molecular weight is 256 g/mol. The van der Waals surface area contributed by atoms with Crippen molar-refractivity contribution in [2.24, 2.45) is 0 Å². The Balaban J connectivity index is 2.39. The molecule has 2 rings (SSSR count). The van der Waals surface area contributed by atoms with Gasteiger partial charge < -0.3 is 4.79 Å². The number of carbonyl (C=O) groups is 1. The van der Waals surface area contributed by atoms with Crippen molar-refractivity contribution in [1.82, 2.24) is 0 Å². The fourth-order valence-corrected chi connectivity index (χ4v) is 2.37. The summed E-state index contributed by atoms with van der Waals surface area (Å²) in [5.74, 6) is -0.329. The summed E-state index contributed by atoms with van der Waals surface area (Å²) in [6, 6.07) is 14.4. The first-order chi connectivity index (χ1) is 9.05. The molecule has 1 unspecified atom stereocenters. The summed E-state index contributed by atoms with van der Waals surface area (Å²) in [4.78, 5) is 11.5. The normalized spacial score (nSPS) is 13.8. The van der Waals surface area contributed by atoms with Crippen molar-refractivity contribution in [3.63, 3.8) is 0 Å². The van der Waals surface area contributed by atoms with Gasteiger partial charge in [0.05, 0.1) is 5.41 Å². The molecule has 0 fully saturated rings. The van der Waals surface area contributed by atoms with Crippen molar-refractivity contribution in [3.8, 4) is 0 Å². The fraction of sp³-hybridized carbons (Fsp3) is 0.235. The van der Waals surface area contributed by atoms with Crippen LogP contribution < -0.4 is 0 Å². The van der Waals surface area contributed by atoms with Crippen molar-refractivity contribution in [1.29, 1.82) is 0 Å². The first-order valence-corrected chi connectivity index (χ1v) is 6.32. The largest absolute Gasteiger partial charge is 0.302 e. The molecule has 0 aromatic heterocycles. The van der Waals surface area contributed by atoms with Crippen LogP contribution in [0.1, 0.15) is 23.6 Å². The van der Waals surface area contributed by atoms with Crippen LogP contribution in [0.2, 0.25) is 0 Å². The maximum Gasteiger partial charge on any atom is 0.130 e. The van der Waals surface area contributed by atoms with Gasteiger partial charge in [0.1, 0.15) is 12.1 Å². The van der Waals surface area contributed by atoms with Crippen LogP contribution in [0.4, 0.5) is 4.39 Å². The highest BCUT2D eigenvalue weighted by atomic mass is 19.1. The summed E-state index contributed by atoms with van der Waals surface area (Å²) in [5.41, 5.74) is 1.79. The second-order valence-electron chi connectivity index (χ2n) is 5.18. The monoisotopic (exact) mass is 256 g/mol. The Bertz CT molecular complexity index is 591. The average Bonchev–Trinajstić information content (AvgIpc) is 2.39. The summed E-state index contributed by atoms with van der Waals surface area (Å²) in [6.45, 7) is 3.78. The molecule has 19 heavy (non-hydrogen) atoms. The molecule has 2 aromatic rings. The molecular weight excluding hydrogens is 239 g/mol. The van der Waals surface area contributed by atoms with E-state index >= 15 is 0 Å². The lowest BCUT2D eigenvalue weighted by atomic mass is 9.78. The molecule has 0 bridgehead atoms. The summed E-state index contributed by atoms with van der Waals surface area (Å²) >= 11 is 0. The Hall–Kier alpha value is -1.96. The molecule has 98 valence electrons. The number of benzene rings is 2. The third-order valence-corrected chi connectivity index (χ3v) is 3.40. The number of hydrogen-bond acceptors (Lipinski definition) is 1. The second-order valence-corrected chi connectivity index (χ2v) is 5.18. The zero-order chi connectivity index (χ0) is 13.9. The van der Waals surface area contributed by atoms with Gasteiger partial charge in [0, 0.05) is 5.56 Å². The predicted octanol–water partition coefficient (Wildman–Crippen LogP) is 3.83. The van der Waals surface area contributed by atoms with E-state index in [1.165, 1.54) is 6.07 Å². The van der Waals surface area contributed by atoms with Gasteiger partial charge in [-0.3, -0.25) is 0 Å². The fourth-order valence-electron chi connectivity index (χ4n) is 2.37. The lowest BCUT2D eigenvalue weighted by Gasteiger charge is -2.24. The van der Waals surface area contributed by atoms with Crippen LogP contribution in [0.25, 0.3) is 0 Å². The highest BCUT2D eigenvalue weighted by Crippen LogP contribution is 2.28. The Morgan fingerprint density at radius 3 is 2.53 bits per heavy atom. The highest BCUT2D eigenvalue weighted by molar-refractivity contribution is 5.69. The third-order valence-electron chi connectivity index (χ3n) is 3.40. The van der Waals surface area contributed by atoms with Gasteiger partial charge in [-0.2, -0.15) is 0 Å². The smallest absolute Gasteiger partial charge is 0.130 e. The van der Waals surface area contributed by atoms with E-state index in [-0.39, 0.29) is 5.82 Å². The Morgan fingerprint density at radius 1 is 1.16 bits per heavy atom. The second kappa shape index (κ2) is 5.35. The molecule has 1 nitrogen and oxygen atoms in total. The molecule has 0 aliphatic heterocycles. The topological polar surface area (TPSA) is 17.1 Å². The maximum atomic E-state index is 13.9. The minimum Gasteiger partial charge on any atom is -0.302 e. The zero-order valence-electron chi connectivity index (χ0n) is 11.2. The minimum atomic E-state index is -0.834. The number of hydrogen-bond donors (Lipinski definition) is 0. The molecule has 2 aromatic carbocycles. The van der Waals surface area contributed by atoms with Crippen LogP contribution in [0.3, 0.4) is 0 Å². The predicted molar refractivity (Wildman–Crippen MR) is 74.7 cm³/mol. The van der Waals surface area contributed by atoms with Crippen LogP contribution in [0, 0.1) is 12.7 Å². The summed E-state index contributed by atoms with van der Waals surface area (Å²) in [7, 11) is 0. The van der Waals surface area contributed by atoms with E-state index in [1.54, 1.807) is 25.1 Å². The van der Waals surface area contributed by atoms with Gasteiger partial charge in [-0.15, -0.1) is 0 Å². The van der Waals surface area contributed by atoms with Gasteiger partial charge in [-0.05, 0) is 31.9 Å². The van der Waals surface area contributed by atoms with E-state index in [9.17, 15) is 9.18 Å². The molecule has 0 heterocycles. The van der Waals surface area contributed by atoms with Crippen LogP contribution in [-0.4, -0.2) is 6.29 Å². The SMILES string of the molecule is Cc1cccc(CC(C)(C=O)c2ccccc2F)c1. The molecule has 0 radical (unpaired) electrons.